The number of hydrogen-bond acceptors (Lipinski definition) is 2. The van der Waals surface area contributed by atoms with E-state index < -0.39 is 5.97 Å². The van der Waals surface area contributed by atoms with Crippen molar-refractivity contribution in [2.45, 2.75) is 32.6 Å². The normalized spacial score (nSPS) is 10.4. The molecule has 0 aromatic heterocycles. The smallest absolute Gasteiger partial charge is 0.304 e. The number of aliphatic carboxylic acids is 1. The topological polar surface area (TPSA) is 40.5 Å². The Morgan fingerprint density at radius 1 is 1.43 bits per heavy atom. The van der Waals surface area contributed by atoms with Crippen molar-refractivity contribution in [1.29, 1.82) is 0 Å². The number of carboxylic acid groups (broad SMARTS) is 1. The summed E-state index contributed by atoms with van der Waals surface area (Å²) in [4.78, 5) is 12.5. The van der Waals surface area contributed by atoms with Crippen molar-refractivity contribution in [3.8, 4) is 0 Å². The van der Waals surface area contributed by atoms with Gasteiger partial charge in [-0.3, -0.25) is 9.69 Å². The van der Waals surface area contributed by atoms with Crippen molar-refractivity contribution in [3.05, 3.63) is 12.7 Å². The summed E-state index contributed by atoms with van der Waals surface area (Å²) in [7, 11) is 0. The van der Waals surface area contributed by atoms with Gasteiger partial charge in [0.15, 0.2) is 0 Å². The van der Waals surface area contributed by atoms with Crippen LogP contribution in [0.25, 0.3) is 0 Å². The minimum atomic E-state index is -0.727. The Bertz CT molecular complexity index is 169. The zero-order chi connectivity index (χ0) is 10.8. The number of carbonyl (C=O) groups is 1. The molecule has 0 aliphatic carbocycles. The monoisotopic (exact) mass is 199 g/mol. The predicted molar refractivity (Wildman–Crippen MR) is 58.4 cm³/mol. The van der Waals surface area contributed by atoms with E-state index in [1.54, 1.807) is 0 Å². The molecule has 0 aromatic carbocycles. The van der Waals surface area contributed by atoms with Crippen molar-refractivity contribution >= 4 is 5.97 Å². The molecular weight excluding hydrogens is 178 g/mol. The maximum atomic E-state index is 10.4. The lowest BCUT2D eigenvalue weighted by molar-refractivity contribution is -0.137. The standard InChI is InChI=1S/C11H21NO2/c1-3-5-6-9-12(8-4-2)10-7-11(13)14/h4H,2-3,5-10H2,1H3,(H,13,14). The van der Waals surface area contributed by atoms with Crippen molar-refractivity contribution in [2.24, 2.45) is 0 Å². The van der Waals surface area contributed by atoms with Gasteiger partial charge >= 0.3 is 5.97 Å². The minimum absolute atomic E-state index is 0.222. The Kier molecular flexibility index (Phi) is 8.24. The van der Waals surface area contributed by atoms with Gasteiger partial charge in [-0.2, -0.15) is 0 Å². The summed E-state index contributed by atoms with van der Waals surface area (Å²) in [5, 5.41) is 8.55. The second-order valence-electron chi connectivity index (χ2n) is 3.44. The van der Waals surface area contributed by atoms with E-state index in [4.69, 9.17) is 5.11 Å². The first-order valence-electron chi connectivity index (χ1n) is 5.25. The van der Waals surface area contributed by atoms with Gasteiger partial charge in [0.2, 0.25) is 0 Å². The fourth-order valence-corrected chi connectivity index (χ4v) is 1.32. The fraction of sp³-hybridized carbons (Fsp3) is 0.727. The van der Waals surface area contributed by atoms with E-state index >= 15 is 0 Å². The molecule has 0 aliphatic rings. The summed E-state index contributed by atoms with van der Waals surface area (Å²) in [6, 6.07) is 0. The Hall–Kier alpha value is -0.830. The van der Waals surface area contributed by atoms with Crippen molar-refractivity contribution in [1.82, 2.24) is 4.90 Å². The Morgan fingerprint density at radius 2 is 2.14 bits per heavy atom. The van der Waals surface area contributed by atoms with Crippen LogP contribution in [0.4, 0.5) is 0 Å². The molecule has 0 bridgehead atoms. The van der Waals surface area contributed by atoms with E-state index in [9.17, 15) is 4.79 Å². The zero-order valence-corrected chi connectivity index (χ0v) is 9.04. The van der Waals surface area contributed by atoms with E-state index in [0.29, 0.717) is 6.54 Å². The lowest BCUT2D eigenvalue weighted by Gasteiger charge is -2.19. The van der Waals surface area contributed by atoms with Crippen LogP contribution in [-0.2, 0) is 4.79 Å². The molecule has 0 fully saturated rings. The van der Waals surface area contributed by atoms with Gasteiger partial charge in [0.1, 0.15) is 0 Å². The maximum absolute atomic E-state index is 10.4. The largest absolute Gasteiger partial charge is 0.481 e. The fourth-order valence-electron chi connectivity index (χ4n) is 1.32. The summed E-state index contributed by atoms with van der Waals surface area (Å²) < 4.78 is 0. The van der Waals surface area contributed by atoms with Crippen molar-refractivity contribution < 1.29 is 9.90 Å². The summed E-state index contributed by atoms with van der Waals surface area (Å²) in [5.74, 6) is -0.727. The molecule has 0 aliphatic heterocycles. The second-order valence-corrected chi connectivity index (χ2v) is 3.44. The molecule has 0 spiro atoms. The third-order valence-electron chi connectivity index (χ3n) is 2.11. The highest BCUT2D eigenvalue weighted by molar-refractivity contribution is 5.66. The van der Waals surface area contributed by atoms with Gasteiger partial charge in [-0.25, -0.2) is 0 Å². The third-order valence-corrected chi connectivity index (χ3v) is 2.11. The molecular formula is C11H21NO2. The van der Waals surface area contributed by atoms with E-state index in [-0.39, 0.29) is 6.42 Å². The van der Waals surface area contributed by atoms with Crippen molar-refractivity contribution in [3.63, 3.8) is 0 Å². The summed E-state index contributed by atoms with van der Waals surface area (Å²) >= 11 is 0. The summed E-state index contributed by atoms with van der Waals surface area (Å²) in [6.07, 6.45) is 5.60. The van der Waals surface area contributed by atoms with Gasteiger partial charge in [-0.05, 0) is 13.0 Å². The minimum Gasteiger partial charge on any atom is -0.481 e. The maximum Gasteiger partial charge on any atom is 0.304 e. The number of hydrogen-bond donors (Lipinski definition) is 1. The molecule has 0 saturated heterocycles. The van der Waals surface area contributed by atoms with Crippen LogP contribution in [-0.4, -0.2) is 35.6 Å². The van der Waals surface area contributed by atoms with Crippen molar-refractivity contribution in [2.75, 3.05) is 19.6 Å². The number of rotatable bonds is 9. The van der Waals surface area contributed by atoms with E-state index in [1.165, 1.54) is 12.8 Å². The van der Waals surface area contributed by atoms with Crippen LogP contribution in [0.1, 0.15) is 32.6 Å². The third kappa shape index (κ3) is 7.80. The highest BCUT2D eigenvalue weighted by Gasteiger charge is 2.04. The lowest BCUT2D eigenvalue weighted by Crippen LogP contribution is -2.27. The summed E-state index contributed by atoms with van der Waals surface area (Å²) in [5.41, 5.74) is 0. The highest BCUT2D eigenvalue weighted by atomic mass is 16.4. The molecule has 0 radical (unpaired) electrons. The molecule has 3 heteroatoms. The van der Waals surface area contributed by atoms with Gasteiger partial charge in [0, 0.05) is 13.1 Å². The van der Waals surface area contributed by atoms with Crippen LogP contribution >= 0.6 is 0 Å². The average molecular weight is 199 g/mol. The predicted octanol–water partition coefficient (Wildman–Crippen LogP) is 2.14. The first-order chi connectivity index (χ1) is 6.70. The Balaban J connectivity index is 3.64. The van der Waals surface area contributed by atoms with Crippen LogP contribution < -0.4 is 0 Å². The molecule has 0 heterocycles. The first kappa shape index (κ1) is 13.2. The Labute approximate surface area is 86.4 Å². The van der Waals surface area contributed by atoms with Crippen LogP contribution in [0.15, 0.2) is 12.7 Å². The van der Waals surface area contributed by atoms with Crippen LogP contribution in [0.3, 0.4) is 0 Å². The average Bonchev–Trinajstić information content (AvgIpc) is 2.14. The first-order valence-corrected chi connectivity index (χ1v) is 5.25. The van der Waals surface area contributed by atoms with Crippen LogP contribution in [0, 0.1) is 0 Å². The van der Waals surface area contributed by atoms with Crippen LogP contribution in [0.5, 0.6) is 0 Å². The number of carboxylic acids is 1. The number of nitrogens with zero attached hydrogens (tertiary/aromatic N) is 1. The summed E-state index contributed by atoms with van der Waals surface area (Å²) in [6.45, 7) is 8.23. The molecule has 0 saturated carbocycles. The number of unbranched alkanes of at least 4 members (excludes halogenated alkanes) is 2. The highest BCUT2D eigenvalue weighted by Crippen LogP contribution is 1.99. The molecule has 0 atom stereocenters. The molecule has 3 nitrogen and oxygen atoms in total. The Morgan fingerprint density at radius 3 is 2.64 bits per heavy atom. The van der Waals surface area contributed by atoms with Gasteiger partial charge in [-0.1, -0.05) is 25.8 Å². The quantitative estimate of drug-likeness (QED) is 0.457. The zero-order valence-electron chi connectivity index (χ0n) is 9.04. The van der Waals surface area contributed by atoms with Gasteiger partial charge in [0.25, 0.3) is 0 Å². The molecule has 0 unspecified atom stereocenters. The van der Waals surface area contributed by atoms with Gasteiger partial charge in [-0.15, -0.1) is 6.58 Å². The van der Waals surface area contributed by atoms with Gasteiger partial charge in [0.05, 0.1) is 6.42 Å². The molecule has 1 N–H and O–H groups in total. The lowest BCUT2D eigenvalue weighted by atomic mass is 10.2. The van der Waals surface area contributed by atoms with E-state index in [0.717, 1.165) is 19.5 Å². The van der Waals surface area contributed by atoms with Gasteiger partial charge < -0.3 is 5.11 Å². The molecule has 82 valence electrons. The molecule has 0 aromatic rings. The van der Waals surface area contributed by atoms with Crippen LogP contribution in [0.2, 0.25) is 0 Å². The van der Waals surface area contributed by atoms with E-state index in [1.807, 2.05) is 6.08 Å². The van der Waals surface area contributed by atoms with E-state index in [2.05, 4.69) is 18.4 Å². The molecule has 0 amide bonds. The second kappa shape index (κ2) is 8.75. The SMILES string of the molecule is C=CCN(CCCCC)CCC(=O)O. The molecule has 14 heavy (non-hydrogen) atoms. The molecule has 0 rings (SSSR count).